The summed E-state index contributed by atoms with van der Waals surface area (Å²) in [6.45, 7) is 4.76. The maximum Gasteiger partial charge on any atom is 0.239 e. The molecule has 0 bridgehead atoms. The monoisotopic (exact) mass is 172 g/mol. The van der Waals surface area contributed by atoms with E-state index < -0.39 is 0 Å². The fraction of sp³-hybridized carbons (Fsp3) is 0.875. The van der Waals surface area contributed by atoms with Crippen LogP contribution in [0.1, 0.15) is 20.3 Å². The fourth-order valence-electron chi connectivity index (χ4n) is 1.66. The molecule has 0 aromatic carbocycles. The van der Waals surface area contributed by atoms with E-state index in [0.717, 1.165) is 6.42 Å². The smallest absolute Gasteiger partial charge is 0.239 e. The van der Waals surface area contributed by atoms with Gasteiger partial charge in [-0.25, -0.2) is 5.84 Å². The van der Waals surface area contributed by atoms with Crippen LogP contribution in [-0.2, 0) is 9.53 Å². The largest absolute Gasteiger partial charge is 0.377 e. The predicted octanol–water partition coefficient (Wildman–Crippen LogP) is 0.0374. The van der Waals surface area contributed by atoms with Crippen molar-refractivity contribution in [1.29, 1.82) is 0 Å². The van der Waals surface area contributed by atoms with Gasteiger partial charge in [0.1, 0.15) is 0 Å². The van der Waals surface area contributed by atoms with Crippen LogP contribution in [0.25, 0.3) is 0 Å². The van der Waals surface area contributed by atoms with E-state index in [-0.39, 0.29) is 17.9 Å². The number of ether oxygens (including phenoxy) is 1. The first-order valence-electron chi connectivity index (χ1n) is 4.29. The number of nitrogens with two attached hydrogens (primary N) is 1. The molecule has 3 N–H and O–H groups in total. The summed E-state index contributed by atoms with van der Waals surface area (Å²) in [6.07, 6.45) is 0.819. The van der Waals surface area contributed by atoms with E-state index in [2.05, 4.69) is 5.43 Å². The summed E-state index contributed by atoms with van der Waals surface area (Å²) >= 11 is 0. The van der Waals surface area contributed by atoms with Gasteiger partial charge in [-0.05, 0) is 12.3 Å². The summed E-state index contributed by atoms with van der Waals surface area (Å²) in [5.41, 5.74) is 2.17. The third kappa shape index (κ3) is 1.76. The van der Waals surface area contributed by atoms with Crippen molar-refractivity contribution in [3.8, 4) is 0 Å². The first-order chi connectivity index (χ1) is 5.66. The molecule has 1 saturated heterocycles. The van der Waals surface area contributed by atoms with Gasteiger partial charge in [0.2, 0.25) is 5.91 Å². The minimum absolute atomic E-state index is 0.0357. The second-order valence-corrected chi connectivity index (χ2v) is 3.48. The van der Waals surface area contributed by atoms with Gasteiger partial charge in [-0.3, -0.25) is 10.2 Å². The van der Waals surface area contributed by atoms with Crippen LogP contribution in [0.3, 0.4) is 0 Å². The van der Waals surface area contributed by atoms with Gasteiger partial charge < -0.3 is 4.74 Å². The molecule has 2 atom stereocenters. The second-order valence-electron chi connectivity index (χ2n) is 3.48. The zero-order valence-corrected chi connectivity index (χ0v) is 7.54. The number of rotatable bonds is 2. The van der Waals surface area contributed by atoms with E-state index in [1.807, 2.05) is 13.8 Å². The van der Waals surface area contributed by atoms with Crippen molar-refractivity contribution < 1.29 is 9.53 Å². The van der Waals surface area contributed by atoms with E-state index in [1.54, 1.807) is 0 Å². The molecule has 0 aromatic rings. The quantitative estimate of drug-likeness (QED) is 0.351. The Bertz CT molecular complexity index is 170. The van der Waals surface area contributed by atoms with Crippen molar-refractivity contribution in [1.82, 2.24) is 5.43 Å². The van der Waals surface area contributed by atoms with Gasteiger partial charge in [0.05, 0.1) is 12.0 Å². The third-order valence-electron chi connectivity index (χ3n) is 2.27. The molecule has 1 amide bonds. The average molecular weight is 172 g/mol. The van der Waals surface area contributed by atoms with Crippen molar-refractivity contribution >= 4 is 5.91 Å². The van der Waals surface area contributed by atoms with E-state index in [9.17, 15) is 4.79 Å². The van der Waals surface area contributed by atoms with Gasteiger partial charge in [-0.2, -0.15) is 0 Å². The van der Waals surface area contributed by atoms with Gasteiger partial charge in [-0.15, -0.1) is 0 Å². The Morgan fingerprint density at radius 3 is 2.83 bits per heavy atom. The van der Waals surface area contributed by atoms with Gasteiger partial charge in [0.25, 0.3) is 0 Å². The molecule has 1 rings (SSSR count). The molecule has 0 saturated carbocycles. The molecule has 0 spiro atoms. The lowest BCUT2D eigenvalue weighted by Gasteiger charge is -2.20. The number of hydrogen-bond donors (Lipinski definition) is 2. The van der Waals surface area contributed by atoms with Crippen LogP contribution in [-0.4, -0.2) is 18.6 Å². The van der Waals surface area contributed by atoms with Gasteiger partial charge >= 0.3 is 0 Å². The lowest BCUT2D eigenvalue weighted by Crippen LogP contribution is -2.40. The molecule has 70 valence electrons. The SMILES string of the molecule is CC(C)C1OCCC1C(=O)NN. The number of hydrazine groups is 1. The third-order valence-corrected chi connectivity index (χ3v) is 2.27. The van der Waals surface area contributed by atoms with Crippen molar-refractivity contribution in [2.24, 2.45) is 17.7 Å². The Morgan fingerprint density at radius 2 is 2.33 bits per heavy atom. The lowest BCUT2D eigenvalue weighted by atomic mass is 9.92. The number of carbonyl (C=O) groups excluding carboxylic acids is 1. The number of carbonyl (C=O) groups is 1. The summed E-state index contributed by atoms with van der Waals surface area (Å²) in [5.74, 6) is 5.26. The molecule has 4 nitrogen and oxygen atoms in total. The van der Waals surface area contributed by atoms with Gasteiger partial charge in [-0.1, -0.05) is 13.8 Å². The molecule has 1 fully saturated rings. The maximum atomic E-state index is 11.2. The summed E-state index contributed by atoms with van der Waals surface area (Å²) in [7, 11) is 0. The first kappa shape index (κ1) is 9.48. The Balaban J connectivity index is 2.57. The highest BCUT2D eigenvalue weighted by atomic mass is 16.5. The van der Waals surface area contributed by atoms with Crippen LogP contribution in [0.4, 0.5) is 0 Å². The number of hydrogen-bond acceptors (Lipinski definition) is 3. The van der Waals surface area contributed by atoms with Crippen LogP contribution in [0.2, 0.25) is 0 Å². The summed E-state index contributed by atoms with van der Waals surface area (Å²) in [4.78, 5) is 11.2. The predicted molar refractivity (Wildman–Crippen MR) is 45.0 cm³/mol. The summed E-state index contributed by atoms with van der Waals surface area (Å²) in [6, 6.07) is 0. The molecule has 0 aromatic heterocycles. The highest BCUT2D eigenvalue weighted by molar-refractivity contribution is 5.78. The molecule has 1 aliphatic rings. The van der Waals surface area contributed by atoms with Crippen molar-refractivity contribution in [2.75, 3.05) is 6.61 Å². The topological polar surface area (TPSA) is 64.3 Å². The van der Waals surface area contributed by atoms with Crippen LogP contribution in [0.5, 0.6) is 0 Å². The molecule has 1 aliphatic heterocycles. The molecular formula is C8H16N2O2. The Labute approximate surface area is 72.4 Å². The molecule has 0 aliphatic carbocycles. The van der Waals surface area contributed by atoms with E-state index in [4.69, 9.17) is 10.6 Å². The minimum Gasteiger partial charge on any atom is -0.377 e. The molecule has 12 heavy (non-hydrogen) atoms. The molecule has 2 unspecified atom stereocenters. The van der Waals surface area contributed by atoms with E-state index in [0.29, 0.717) is 12.5 Å². The molecular weight excluding hydrogens is 156 g/mol. The Hall–Kier alpha value is -0.610. The first-order valence-corrected chi connectivity index (χ1v) is 4.29. The standard InChI is InChI=1S/C8H16N2O2/c1-5(2)7-6(3-4-12-7)8(11)10-9/h5-7H,3-4,9H2,1-2H3,(H,10,11). The summed E-state index contributed by atoms with van der Waals surface area (Å²) < 4.78 is 5.43. The van der Waals surface area contributed by atoms with Crippen LogP contribution >= 0.6 is 0 Å². The highest BCUT2D eigenvalue weighted by Crippen LogP contribution is 2.26. The fourth-order valence-corrected chi connectivity index (χ4v) is 1.66. The van der Waals surface area contributed by atoms with Crippen LogP contribution in [0.15, 0.2) is 0 Å². The number of amides is 1. The van der Waals surface area contributed by atoms with Crippen molar-refractivity contribution in [3.05, 3.63) is 0 Å². The average Bonchev–Trinajstić information content (AvgIpc) is 2.50. The maximum absolute atomic E-state index is 11.2. The van der Waals surface area contributed by atoms with Crippen molar-refractivity contribution in [3.63, 3.8) is 0 Å². The molecule has 1 heterocycles. The lowest BCUT2D eigenvalue weighted by molar-refractivity contribution is -0.127. The van der Waals surface area contributed by atoms with Crippen molar-refractivity contribution in [2.45, 2.75) is 26.4 Å². The summed E-state index contributed by atoms with van der Waals surface area (Å²) in [5, 5.41) is 0. The normalized spacial score (nSPS) is 29.3. The minimum atomic E-state index is -0.105. The van der Waals surface area contributed by atoms with Gasteiger partial charge in [0, 0.05) is 6.61 Å². The Kier molecular flexibility index (Phi) is 3.05. The van der Waals surface area contributed by atoms with E-state index in [1.165, 1.54) is 0 Å². The van der Waals surface area contributed by atoms with Gasteiger partial charge in [0.15, 0.2) is 0 Å². The molecule has 4 heteroatoms. The Morgan fingerprint density at radius 1 is 1.67 bits per heavy atom. The molecule has 0 radical (unpaired) electrons. The van der Waals surface area contributed by atoms with Crippen LogP contribution < -0.4 is 11.3 Å². The number of nitrogens with one attached hydrogen (secondary N) is 1. The zero-order valence-electron chi connectivity index (χ0n) is 7.54. The zero-order chi connectivity index (χ0) is 9.14. The van der Waals surface area contributed by atoms with E-state index >= 15 is 0 Å². The second kappa shape index (κ2) is 3.87. The van der Waals surface area contributed by atoms with Crippen LogP contribution in [0, 0.1) is 11.8 Å². The highest BCUT2D eigenvalue weighted by Gasteiger charge is 2.35.